The SMILES string of the molecule is COCCn1cc(C(=O)NC(C)(COC)CC(=O)O)c2ccccc21. The number of carboxylic acids is 1. The van der Waals surface area contributed by atoms with Gasteiger partial charge in [0.1, 0.15) is 0 Å². The third-order valence-corrected chi connectivity index (χ3v) is 3.99. The largest absolute Gasteiger partial charge is 0.481 e. The lowest BCUT2D eigenvalue weighted by molar-refractivity contribution is -0.139. The summed E-state index contributed by atoms with van der Waals surface area (Å²) in [6.45, 7) is 2.91. The number of carbonyl (C=O) groups excluding carboxylic acids is 1. The number of rotatable bonds is 9. The van der Waals surface area contributed by atoms with Gasteiger partial charge in [0.05, 0.1) is 30.7 Å². The van der Waals surface area contributed by atoms with Crippen molar-refractivity contribution in [3.63, 3.8) is 0 Å². The summed E-state index contributed by atoms with van der Waals surface area (Å²) in [4.78, 5) is 23.9. The highest BCUT2D eigenvalue weighted by molar-refractivity contribution is 6.07. The Morgan fingerprint density at radius 3 is 2.60 bits per heavy atom. The summed E-state index contributed by atoms with van der Waals surface area (Å²) in [7, 11) is 3.10. The van der Waals surface area contributed by atoms with E-state index in [4.69, 9.17) is 14.6 Å². The maximum absolute atomic E-state index is 12.8. The molecule has 136 valence electrons. The van der Waals surface area contributed by atoms with Gasteiger partial charge in [-0.05, 0) is 13.0 Å². The van der Waals surface area contributed by atoms with Crippen LogP contribution in [0.15, 0.2) is 30.5 Å². The quantitative estimate of drug-likeness (QED) is 0.722. The maximum atomic E-state index is 12.8. The number of para-hydroxylation sites is 1. The van der Waals surface area contributed by atoms with Crippen LogP contribution in [-0.4, -0.2) is 54.5 Å². The smallest absolute Gasteiger partial charge is 0.305 e. The Morgan fingerprint density at radius 2 is 1.96 bits per heavy atom. The third-order valence-electron chi connectivity index (χ3n) is 3.99. The molecule has 1 atom stereocenters. The molecule has 0 radical (unpaired) electrons. The molecule has 7 heteroatoms. The normalized spacial score (nSPS) is 13.6. The van der Waals surface area contributed by atoms with Gasteiger partial charge in [-0.2, -0.15) is 0 Å². The molecule has 2 aromatic rings. The summed E-state index contributed by atoms with van der Waals surface area (Å²) in [5.74, 6) is -1.32. The zero-order valence-electron chi connectivity index (χ0n) is 14.7. The first-order chi connectivity index (χ1) is 11.9. The first-order valence-corrected chi connectivity index (χ1v) is 8.00. The molecule has 25 heavy (non-hydrogen) atoms. The molecular weight excluding hydrogens is 324 g/mol. The number of fused-ring (bicyclic) bond motifs is 1. The van der Waals surface area contributed by atoms with E-state index in [0.29, 0.717) is 18.7 Å². The van der Waals surface area contributed by atoms with Gasteiger partial charge in [0.25, 0.3) is 5.91 Å². The van der Waals surface area contributed by atoms with E-state index in [1.54, 1.807) is 20.2 Å². The van der Waals surface area contributed by atoms with Crippen LogP contribution in [0.1, 0.15) is 23.7 Å². The van der Waals surface area contributed by atoms with Crippen molar-refractivity contribution in [1.82, 2.24) is 9.88 Å². The van der Waals surface area contributed by atoms with Crippen molar-refractivity contribution < 1.29 is 24.2 Å². The number of carbonyl (C=O) groups is 2. The van der Waals surface area contributed by atoms with Crippen LogP contribution in [-0.2, 0) is 20.8 Å². The number of hydrogen-bond donors (Lipinski definition) is 2. The summed E-state index contributed by atoms with van der Waals surface area (Å²) in [6, 6.07) is 7.59. The van der Waals surface area contributed by atoms with Gasteiger partial charge in [-0.3, -0.25) is 9.59 Å². The Balaban J connectivity index is 2.33. The standard InChI is InChI=1S/C18H24N2O5/c1-18(12-25-3,10-16(21)22)19-17(23)14-11-20(8-9-24-2)15-7-5-4-6-13(14)15/h4-7,11H,8-10,12H2,1-3H3,(H,19,23)(H,21,22). The molecule has 1 aromatic heterocycles. The molecule has 2 rings (SSSR count). The number of aromatic nitrogens is 1. The van der Waals surface area contributed by atoms with Gasteiger partial charge in [-0.1, -0.05) is 18.2 Å². The van der Waals surface area contributed by atoms with E-state index in [1.807, 2.05) is 28.8 Å². The van der Waals surface area contributed by atoms with E-state index in [0.717, 1.165) is 10.9 Å². The van der Waals surface area contributed by atoms with Crippen LogP contribution >= 0.6 is 0 Å². The molecule has 0 aliphatic rings. The summed E-state index contributed by atoms with van der Waals surface area (Å²) >= 11 is 0. The van der Waals surface area contributed by atoms with Crippen LogP contribution in [0.2, 0.25) is 0 Å². The second kappa shape index (κ2) is 8.13. The number of nitrogens with one attached hydrogen (secondary N) is 1. The lowest BCUT2D eigenvalue weighted by Crippen LogP contribution is -2.50. The minimum absolute atomic E-state index is 0.105. The van der Waals surface area contributed by atoms with Gasteiger partial charge >= 0.3 is 5.97 Å². The van der Waals surface area contributed by atoms with E-state index in [1.165, 1.54) is 7.11 Å². The first kappa shape index (κ1) is 19.0. The molecule has 0 spiro atoms. The molecule has 1 unspecified atom stereocenters. The average Bonchev–Trinajstić information content (AvgIpc) is 2.91. The number of amides is 1. The van der Waals surface area contributed by atoms with Gasteiger partial charge in [0, 0.05) is 37.9 Å². The maximum Gasteiger partial charge on any atom is 0.305 e. The number of carboxylic acid groups (broad SMARTS) is 1. The van der Waals surface area contributed by atoms with Crippen LogP contribution in [0.3, 0.4) is 0 Å². The zero-order valence-corrected chi connectivity index (χ0v) is 14.7. The van der Waals surface area contributed by atoms with E-state index in [-0.39, 0.29) is 18.9 Å². The number of hydrogen-bond acceptors (Lipinski definition) is 4. The highest BCUT2D eigenvalue weighted by Gasteiger charge is 2.31. The van der Waals surface area contributed by atoms with Crippen LogP contribution in [0.25, 0.3) is 10.9 Å². The fraction of sp³-hybridized carbons (Fsp3) is 0.444. The van der Waals surface area contributed by atoms with Crippen molar-refractivity contribution in [2.24, 2.45) is 0 Å². The van der Waals surface area contributed by atoms with Gasteiger partial charge in [-0.25, -0.2) is 0 Å². The van der Waals surface area contributed by atoms with Crippen LogP contribution in [0, 0.1) is 0 Å². The summed E-state index contributed by atoms with van der Waals surface area (Å²) < 4.78 is 12.2. The summed E-state index contributed by atoms with van der Waals surface area (Å²) in [5, 5.41) is 12.7. The predicted octanol–water partition coefficient (Wildman–Crippen LogP) is 1.90. The number of benzene rings is 1. The number of ether oxygens (including phenoxy) is 2. The van der Waals surface area contributed by atoms with Gasteiger partial charge in [-0.15, -0.1) is 0 Å². The Kier molecular flexibility index (Phi) is 6.17. The minimum atomic E-state index is -0.998. The molecule has 2 N–H and O–H groups in total. The Morgan fingerprint density at radius 1 is 1.24 bits per heavy atom. The second-order valence-corrected chi connectivity index (χ2v) is 6.26. The Bertz CT molecular complexity index is 755. The predicted molar refractivity (Wildman–Crippen MR) is 93.8 cm³/mol. The number of nitrogens with zero attached hydrogens (tertiary/aromatic N) is 1. The zero-order chi connectivity index (χ0) is 18.4. The van der Waals surface area contributed by atoms with Crippen molar-refractivity contribution in [3.05, 3.63) is 36.0 Å². The molecule has 0 saturated carbocycles. The van der Waals surface area contributed by atoms with Crippen molar-refractivity contribution in [2.45, 2.75) is 25.4 Å². The van der Waals surface area contributed by atoms with E-state index >= 15 is 0 Å². The molecule has 0 fully saturated rings. The van der Waals surface area contributed by atoms with Gasteiger partial charge in [0.2, 0.25) is 0 Å². The monoisotopic (exact) mass is 348 g/mol. The minimum Gasteiger partial charge on any atom is -0.481 e. The molecule has 7 nitrogen and oxygen atoms in total. The van der Waals surface area contributed by atoms with Gasteiger partial charge in [0.15, 0.2) is 0 Å². The molecule has 1 heterocycles. The Hall–Kier alpha value is -2.38. The second-order valence-electron chi connectivity index (χ2n) is 6.26. The third kappa shape index (κ3) is 4.58. The summed E-state index contributed by atoms with van der Waals surface area (Å²) in [5.41, 5.74) is 0.434. The molecular formula is C18H24N2O5. The highest BCUT2D eigenvalue weighted by atomic mass is 16.5. The molecule has 1 amide bonds. The Labute approximate surface area is 146 Å². The van der Waals surface area contributed by atoms with E-state index in [2.05, 4.69) is 5.32 Å². The molecule has 0 aliphatic carbocycles. The van der Waals surface area contributed by atoms with Gasteiger partial charge < -0.3 is 24.5 Å². The van der Waals surface area contributed by atoms with E-state index < -0.39 is 11.5 Å². The lowest BCUT2D eigenvalue weighted by atomic mass is 9.98. The molecule has 0 bridgehead atoms. The van der Waals surface area contributed by atoms with Crippen molar-refractivity contribution in [1.29, 1.82) is 0 Å². The van der Waals surface area contributed by atoms with Crippen LogP contribution in [0.5, 0.6) is 0 Å². The van der Waals surface area contributed by atoms with Crippen molar-refractivity contribution in [3.8, 4) is 0 Å². The van der Waals surface area contributed by atoms with Crippen LogP contribution < -0.4 is 5.32 Å². The fourth-order valence-corrected chi connectivity index (χ4v) is 2.93. The molecule has 0 aliphatic heterocycles. The highest BCUT2D eigenvalue weighted by Crippen LogP contribution is 2.22. The van der Waals surface area contributed by atoms with Crippen LogP contribution in [0.4, 0.5) is 0 Å². The van der Waals surface area contributed by atoms with E-state index in [9.17, 15) is 9.59 Å². The average molecular weight is 348 g/mol. The van der Waals surface area contributed by atoms with Crippen molar-refractivity contribution in [2.75, 3.05) is 27.4 Å². The topological polar surface area (TPSA) is 89.8 Å². The number of aliphatic carboxylic acids is 1. The molecule has 1 aromatic carbocycles. The number of methoxy groups -OCH3 is 2. The van der Waals surface area contributed by atoms with Crippen molar-refractivity contribution >= 4 is 22.8 Å². The molecule has 0 saturated heterocycles. The lowest BCUT2D eigenvalue weighted by Gasteiger charge is -2.28. The first-order valence-electron chi connectivity index (χ1n) is 8.00. The summed E-state index contributed by atoms with van der Waals surface area (Å²) in [6.07, 6.45) is 1.54. The fourth-order valence-electron chi connectivity index (χ4n) is 2.93.